The lowest BCUT2D eigenvalue weighted by atomic mass is 9.71. The Hall–Kier alpha value is -0.545. The number of hydrogen-bond donors (Lipinski definition) is 0. The lowest BCUT2D eigenvalue weighted by molar-refractivity contribution is -0.140. The Morgan fingerprint density at radius 2 is 1.69 bits per heavy atom. The van der Waals surface area contributed by atoms with E-state index >= 15 is 0 Å². The van der Waals surface area contributed by atoms with Crippen molar-refractivity contribution in [2.75, 3.05) is 7.11 Å². The Labute approximate surface area is 97.8 Å². The lowest BCUT2D eigenvalue weighted by Crippen LogP contribution is -2.41. The fraction of sp³-hybridized carbons (Fsp3) is 0.909. The van der Waals surface area contributed by atoms with Crippen LogP contribution in [0, 0.1) is 0 Å². The van der Waals surface area contributed by atoms with E-state index in [-0.39, 0.29) is 30.1 Å². The maximum Gasteiger partial charge on any atom is 0.461 e. The summed E-state index contributed by atoms with van der Waals surface area (Å²) in [5, 5.41) is 0. The predicted molar refractivity (Wildman–Crippen MR) is 62.1 cm³/mol. The molecule has 0 unspecified atom stereocenters. The van der Waals surface area contributed by atoms with E-state index in [4.69, 9.17) is 9.31 Å². The molecule has 0 saturated carbocycles. The summed E-state index contributed by atoms with van der Waals surface area (Å²) in [7, 11) is 1.04. The molecule has 4 nitrogen and oxygen atoms in total. The van der Waals surface area contributed by atoms with Crippen LogP contribution in [0.5, 0.6) is 0 Å². The molecule has 16 heavy (non-hydrogen) atoms. The summed E-state index contributed by atoms with van der Waals surface area (Å²) >= 11 is 0. The molecule has 0 amide bonds. The van der Waals surface area contributed by atoms with Gasteiger partial charge in [-0.15, -0.1) is 0 Å². The monoisotopic (exact) mass is 228 g/mol. The van der Waals surface area contributed by atoms with E-state index in [1.54, 1.807) is 0 Å². The Balaban J connectivity index is 2.62. The Kier molecular flexibility index (Phi) is 3.70. The standard InChI is InChI=1S/C11H21BO4/c1-8(7-9(13)14-6)12-15-10(2,3)11(4,5)16-12/h8H,7H2,1-6H3/t8-/m0/s1. The van der Waals surface area contributed by atoms with Crippen LogP contribution in [0.15, 0.2) is 0 Å². The quantitative estimate of drug-likeness (QED) is 0.547. The average Bonchev–Trinajstić information content (AvgIpc) is 2.36. The molecule has 1 saturated heterocycles. The second kappa shape index (κ2) is 4.38. The minimum Gasteiger partial charge on any atom is -0.469 e. The zero-order valence-corrected chi connectivity index (χ0v) is 11.0. The highest BCUT2D eigenvalue weighted by Crippen LogP contribution is 2.40. The second-order valence-electron chi connectivity index (χ2n) is 5.38. The van der Waals surface area contributed by atoms with Gasteiger partial charge in [0.25, 0.3) is 0 Å². The van der Waals surface area contributed by atoms with E-state index in [1.165, 1.54) is 7.11 Å². The number of ether oxygens (including phenoxy) is 1. The summed E-state index contributed by atoms with van der Waals surface area (Å²) in [6.45, 7) is 9.92. The molecular formula is C11H21BO4. The van der Waals surface area contributed by atoms with Crippen LogP contribution >= 0.6 is 0 Å². The normalized spacial score (nSPS) is 24.2. The van der Waals surface area contributed by atoms with Gasteiger partial charge in [-0.1, -0.05) is 6.92 Å². The molecule has 92 valence electrons. The van der Waals surface area contributed by atoms with E-state index < -0.39 is 0 Å². The third-order valence-corrected chi connectivity index (χ3v) is 3.45. The molecule has 0 aliphatic carbocycles. The molecule has 1 aliphatic heterocycles. The van der Waals surface area contributed by atoms with Gasteiger partial charge in [-0.2, -0.15) is 0 Å². The summed E-state index contributed by atoms with van der Waals surface area (Å²) in [4.78, 5) is 11.2. The third-order valence-electron chi connectivity index (χ3n) is 3.45. The molecule has 0 aromatic carbocycles. The van der Waals surface area contributed by atoms with E-state index in [9.17, 15) is 4.79 Å². The molecule has 1 aliphatic rings. The summed E-state index contributed by atoms with van der Waals surface area (Å²) in [6.07, 6.45) is 0.313. The van der Waals surface area contributed by atoms with Gasteiger partial charge in [-0.3, -0.25) is 4.79 Å². The minimum atomic E-state index is -0.345. The zero-order chi connectivity index (χ0) is 12.6. The van der Waals surface area contributed by atoms with Crippen molar-refractivity contribution in [2.24, 2.45) is 0 Å². The molecule has 1 heterocycles. The van der Waals surface area contributed by atoms with Gasteiger partial charge in [0, 0.05) is 12.2 Å². The van der Waals surface area contributed by atoms with Crippen LogP contribution in [-0.2, 0) is 18.8 Å². The molecule has 0 N–H and O–H groups in total. The minimum absolute atomic E-state index is 0.00602. The van der Waals surface area contributed by atoms with Gasteiger partial charge in [0.05, 0.1) is 18.3 Å². The zero-order valence-electron chi connectivity index (χ0n) is 11.0. The summed E-state index contributed by atoms with van der Waals surface area (Å²) < 4.78 is 16.3. The smallest absolute Gasteiger partial charge is 0.461 e. The molecule has 5 heteroatoms. The van der Waals surface area contributed by atoms with Crippen LogP contribution < -0.4 is 0 Å². The maximum atomic E-state index is 11.2. The molecule has 0 aromatic rings. The number of hydrogen-bond acceptors (Lipinski definition) is 4. The Bertz CT molecular complexity index is 259. The van der Waals surface area contributed by atoms with Crippen LogP contribution in [0.3, 0.4) is 0 Å². The van der Waals surface area contributed by atoms with Crippen LogP contribution in [0.4, 0.5) is 0 Å². The van der Waals surface area contributed by atoms with Crippen molar-refractivity contribution in [1.29, 1.82) is 0 Å². The van der Waals surface area contributed by atoms with Crippen LogP contribution in [0.1, 0.15) is 41.0 Å². The highest BCUT2D eigenvalue weighted by Gasteiger charge is 2.52. The summed E-state index contributed by atoms with van der Waals surface area (Å²) in [5.74, 6) is -0.240. The molecule has 0 bridgehead atoms. The van der Waals surface area contributed by atoms with Gasteiger partial charge in [-0.25, -0.2) is 0 Å². The van der Waals surface area contributed by atoms with Crippen molar-refractivity contribution in [3.63, 3.8) is 0 Å². The predicted octanol–water partition coefficient (Wildman–Crippen LogP) is 2.03. The fourth-order valence-corrected chi connectivity index (χ4v) is 1.56. The first-order valence-corrected chi connectivity index (χ1v) is 5.62. The van der Waals surface area contributed by atoms with Crippen molar-refractivity contribution in [3.05, 3.63) is 0 Å². The first-order chi connectivity index (χ1) is 7.19. The van der Waals surface area contributed by atoms with Gasteiger partial charge in [0.15, 0.2) is 0 Å². The number of carbonyl (C=O) groups is 1. The first-order valence-electron chi connectivity index (χ1n) is 5.62. The van der Waals surface area contributed by atoms with Gasteiger partial charge in [-0.05, 0) is 27.7 Å². The van der Waals surface area contributed by atoms with Crippen LogP contribution in [0.25, 0.3) is 0 Å². The SMILES string of the molecule is COC(=O)C[C@H](C)B1OC(C)(C)C(C)(C)O1. The largest absolute Gasteiger partial charge is 0.469 e. The van der Waals surface area contributed by atoms with Gasteiger partial charge >= 0.3 is 13.1 Å². The molecular weight excluding hydrogens is 207 g/mol. The van der Waals surface area contributed by atoms with Crippen molar-refractivity contribution in [3.8, 4) is 0 Å². The van der Waals surface area contributed by atoms with E-state index in [2.05, 4.69) is 4.74 Å². The summed E-state index contributed by atoms with van der Waals surface area (Å²) in [5.41, 5.74) is -0.690. The summed E-state index contributed by atoms with van der Waals surface area (Å²) in [6, 6.07) is 0. The third kappa shape index (κ3) is 2.58. The number of rotatable bonds is 3. The van der Waals surface area contributed by atoms with Crippen molar-refractivity contribution in [1.82, 2.24) is 0 Å². The number of methoxy groups -OCH3 is 1. The van der Waals surface area contributed by atoms with Crippen molar-refractivity contribution >= 4 is 13.1 Å². The van der Waals surface area contributed by atoms with Gasteiger partial charge in [0.1, 0.15) is 0 Å². The van der Waals surface area contributed by atoms with Crippen molar-refractivity contribution < 1.29 is 18.8 Å². The van der Waals surface area contributed by atoms with E-state index in [1.807, 2.05) is 34.6 Å². The average molecular weight is 228 g/mol. The highest BCUT2D eigenvalue weighted by molar-refractivity contribution is 6.47. The molecule has 1 fully saturated rings. The molecule has 1 rings (SSSR count). The van der Waals surface area contributed by atoms with Crippen molar-refractivity contribution in [2.45, 2.75) is 58.1 Å². The van der Waals surface area contributed by atoms with Crippen LogP contribution in [-0.4, -0.2) is 31.4 Å². The second-order valence-corrected chi connectivity index (χ2v) is 5.38. The fourth-order valence-electron chi connectivity index (χ4n) is 1.56. The molecule has 0 aromatic heterocycles. The Morgan fingerprint density at radius 1 is 1.25 bits per heavy atom. The maximum absolute atomic E-state index is 11.2. The topological polar surface area (TPSA) is 44.8 Å². The first kappa shape index (κ1) is 13.5. The number of carbonyl (C=O) groups excluding carboxylic acids is 1. The van der Waals surface area contributed by atoms with E-state index in [0.717, 1.165) is 0 Å². The molecule has 0 radical (unpaired) electrons. The highest BCUT2D eigenvalue weighted by atomic mass is 16.7. The number of esters is 1. The van der Waals surface area contributed by atoms with Crippen LogP contribution in [0.2, 0.25) is 5.82 Å². The molecule has 0 spiro atoms. The van der Waals surface area contributed by atoms with E-state index in [0.29, 0.717) is 6.42 Å². The van der Waals surface area contributed by atoms with Gasteiger partial charge in [0.2, 0.25) is 0 Å². The Morgan fingerprint density at radius 3 is 2.06 bits per heavy atom. The van der Waals surface area contributed by atoms with Gasteiger partial charge < -0.3 is 14.0 Å². The molecule has 1 atom stereocenters. The lowest BCUT2D eigenvalue weighted by Gasteiger charge is -2.32.